The molecule has 4 N–H and O–H groups in total. The molecule has 2 unspecified atom stereocenters. The number of cyclic esters (lactones) is 2. The zero-order chi connectivity index (χ0) is 47.2. The van der Waals surface area contributed by atoms with Crippen LogP contribution in [0.3, 0.4) is 0 Å². The van der Waals surface area contributed by atoms with Crippen LogP contribution in [0.5, 0.6) is 0 Å². The fourth-order valence-electron chi connectivity index (χ4n) is 6.91. The average Bonchev–Trinajstić information content (AvgIpc) is 4.15. The minimum Gasteiger partial charge on any atom is -0.466 e. The molecule has 352 valence electrons. The third-order valence-corrected chi connectivity index (χ3v) is 11.0. The first-order chi connectivity index (χ1) is 31.6. The summed E-state index contributed by atoms with van der Waals surface area (Å²) in [6, 6.07) is 19.3. The van der Waals surface area contributed by atoms with E-state index < -0.39 is 40.2 Å². The molecule has 3 saturated heterocycles. The molecule has 3 fully saturated rings. The van der Waals surface area contributed by atoms with E-state index in [2.05, 4.69) is 31.5 Å². The van der Waals surface area contributed by atoms with E-state index in [1.165, 1.54) is 29.6 Å². The van der Waals surface area contributed by atoms with Gasteiger partial charge in [0.2, 0.25) is 0 Å². The number of carbonyl (C=O) groups excluding carboxylic acids is 5. The number of nitrogens with zero attached hydrogens (tertiary/aromatic N) is 4. The molecule has 21 nitrogen and oxygen atoms in total. The van der Waals surface area contributed by atoms with Crippen LogP contribution in [0.1, 0.15) is 58.4 Å². The average molecular weight is 933 g/mol. The Labute approximate surface area is 381 Å². The van der Waals surface area contributed by atoms with Crippen molar-refractivity contribution < 1.29 is 59.6 Å². The van der Waals surface area contributed by atoms with Crippen molar-refractivity contribution in [1.82, 2.24) is 20.4 Å². The minimum atomic E-state index is -3.63. The summed E-state index contributed by atoms with van der Waals surface area (Å²) in [5.74, 6) is -1.16. The van der Waals surface area contributed by atoms with Crippen molar-refractivity contribution in [1.29, 1.82) is 10.8 Å². The van der Waals surface area contributed by atoms with Crippen LogP contribution >= 0.6 is 0 Å². The van der Waals surface area contributed by atoms with E-state index >= 15 is 0 Å². The van der Waals surface area contributed by atoms with Gasteiger partial charge in [0, 0.05) is 61.8 Å². The van der Waals surface area contributed by atoms with Crippen molar-refractivity contribution in [2.45, 2.75) is 38.4 Å². The molecule has 4 aromatic rings. The van der Waals surface area contributed by atoms with Crippen molar-refractivity contribution in [3.05, 3.63) is 108 Å². The number of furan rings is 2. The summed E-state index contributed by atoms with van der Waals surface area (Å²) in [5.41, 5.74) is 2.10. The van der Waals surface area contributed by atoms with Crippen molar-refractivity contribution >= 4 is 63.1 Å². The van der Waals surface area contributed by atoms with Crippen LogP contribution in [-0.4, -0.2) is 144 Å². The normalized spacial score (nSPS) is 17.6. The Hall–Kier alpha value is -6.88. The molecule has 22 heteroatoms. The van der Waals surface area contributed by atoms with Crippen LogP contribution < -0.4 is 20.4 Å². The number of hydrogen-bond donors (Lipinski definition) is 4. The molecule has 0 saturated carbocycles. The first kappa shape index (κ1) is 48.6. The smallest absolute Gasteiger partial charge is 0.414 e. The van der Waals surface area contributed by atoms with Gasteiger partial charge in [-0.2, -0.15) is 8.42 Å². The van der Waals surface area contributed by atoms with E-state index in [0.29, 0.717) is 55.2 Å². The van der Waals surface area contributed by atoms with Crippen LogP contribution in [0, 0.1) is 10.8 Å². The minimum absolute atomic E-state index is 0.0626. The SMILES string of the molecule is CCCCOC(=O)CCN1CCN(CC2CN(c3ccc(C(=N)NC(=O)c4ccco4)cc3)C(=O)O2)CC1.CS(=O)(=O)OCC1CN(c2ccc(C(=N)NC(=O)c3ccco3)cc2)C(=O)O1. The highest BCUT2D eigenvalue weighted by Crippen LogP contribution is 2.24. The maximum atomic E-state index is 12.5. The molecule has 0 aliphatic carbocycles. The monoisotopic (exact) mass is 932 g/mol. The van der Waals surface area contributed by atoms with E-state index in [1.807, 2.05) is 0 Å². The number of amides is 4. The van der Waals surface area contributed by atoms with Crippen LogP contribution in [0.2, 0.25) is 0 Å². The van der Waals surface area contributed by atoms with Gasteiger partial charge in [-0.05, 0) is 79.2 Å². The summed E-state index contributed by atoms with van der Waals surface area (Å²) in [4.78, 5) is 67.8. The third-order valence-electron chi connectivity index (χ3n) is 10.4. The van der Waals surface area contributed by atoms with Crippen molar-refractivity contribution in [2.75, 3.05) is 81.6 Å². The van der Waals surface area contributed by atoms with Crippen LogP contribution in [-0.2, 0) is 33.3 Å². The van der Waals surface area contributed by atoms with Gasteiger partial charge >= 0.3 is 18.2 Å². The Kier molecular flexibility index (Phi) is 16.8. The van der Waals surface area contributed by atoms with Crippen LogP contribution in [0.15, 0.2) is 94.2 Å². The number of carbonyl (C=O) groups is 5. The molecule has 2 aromatic carbocycles. The van der Waals surface area contributed by atoms with Gasteiger partial charge in [0.15, 0.2) is 11.5 Å². The summed E-state index contributed by atoms with van der Waals surface area (Å²) >= 11 is 0. The van der Waals surface area contributed by atoms with Crippen molar-refractivity contribution in [2.24, 2.45) is 0 Å². The molecule has 0 radical (unpaired) electrons. The lowest BCUT2D eigenvalue weighted by atomic mass is 10.1. The summed E-state index contributed by atoms with van der Waals surface area (Å²) in [6.07, 6.45) is 4.00. The third kappa shape index (κ3) is 14.1. The number of unbranched alkanes of at least 4 members (excludes halogenated alkanes) is 1. The lowest BCUT2D eigenvalue weighted by molar-refractivity contribution is -0.144. The molecule has 66 heavy (non-hydrogen) atoms. The zero-order valence-electron chi connectivity index (χ0n) is 36.4. The summed E-state index contributed by atoms with van der Waals surface area (Å²) in [7, 11) is -3.63. The number of esters is 1. The highest BCUT2D eigenvalue weighted by atomic mass is 32.2. The number of hydrogen-bond acceptors (Lipinski definition) is 17. The zero-order valence-corrected chi connectivity index (χ0v) is 37.3. The number of anilines is 2. The topological polar surface area (TPSA) is 267 Å². The molecule has 2 aromatic heterocycles. The summed E-state index contributed by atoms with van der Waals surface area (Å²) < 4.78 is 52.7. The predicted molar refractivity (Wildman–Crippen MR) is 238 cm³/mol. The fraction of sp³-hybridized carbons (Fsp3) is 0.386. The Morgan fingerprint density at radius 1 is 0.727 bits per heavy atom. The second kappa shape index (κ2) is 22.8. The van der Waals surface area contributed by atoms with Gasteiger partial charge in [-0.1, -0.05) is 13.3 Å². The Bertz CT molecular complexity index is 2420. The Balaban J connectivity index is 0.000000229. The summed E-state index contributed by atoms with van der Waals surface area (Å²) in [6.45, 7) is 7.63. The van der Waals surface area contributed by atoms with Crippen molar-refractivity contribution in [3.8, 4) is 0 Å². The van der Waals surface area contributed by atoms with E-state index in [4.69, 9.17) is 33.9 Å². The highest BCUT2D eigenvalue weighted by molar-refractivity contribution is 7.86. The van der Waals surface area contributed by atoms with E-state index in [-0.39, 0.29) is 48.4 Å². The molecule has 4 amide bonds. The van der Waals surface area contributed by atoms with Gasteiger partial charge in [0.05, 0.1) is 44.9 Å². The second-order valence-corrected chi connectivity index (χ2v) is 17.0. The largest absolute Gasteiger partial charge is 0.466 e. The quantitative estimate of drug-likeness (QED) is 0.0291. The molecule has 2 atom stereocenters. The molecule has 3 aliphatic heterocycles. The van der Waals surface area contributed by atoms with Crippen molar-refractivity contribution in [3.63, 3.8) is 0 Å². The number of nitrogens with one attached hydrogen (secondary N) is 4. The summed E-state index contributed by atoms with van der Waals surface area (Å²) in [5, 5.41) is 21.0. The number of amidine groups is 2. The Morgan fingerprint density at radius 3 is 1.68 bits per heavy atom. The van der Waals surface area contributed by atoms with E-state index in [9.17, 15) is 32.4 Å². The predicted octanol–water partition coefficient (Wildman–Crippen LogP) is 4.05. The molecule has 3 aliphatic rings. The van der Waals surface area contributed by atoms with Gasteiger partial charge in [-0.3, -0.25) is 44.1 Å². The highest BCUT2D eigenvalue weighted by Gasteiger charge is 2.35. The fourth-order valence-corrected chi connectivity index (χ4v) is 7.31. The maximum absolute atomic E-state index is 12.5. The van der Waals surface area contributed by atoms with Gasteiger partial charge in [0.1, 0.15) is 30.5 Å². The molecule has 5 heterocycles. The van der Waals surface area contributed by atoms with E-state index in [0.717, 1.165) is 45.3 Å². The van der Waals surface area contributed by atoms with E-state index in [1.54, 1.807) is 65.6 Å². The Morgan fingerprint density at radius 2 is 1.21 bits per heavy atom. The standard InChI is InChI=1S/C27H35N5O6.C17H17N3O7S/c1-2-3-16-37-24(33)10-11-30-12-14-31(15-13-30)18-22-19-32(27(35)38-22)21-8-6-20(7-9-21)25(28)29-26(34)23-5-4-17-36-23;1-28(23,24)26-10-13-9-20(17(22)27-13)12-6-4-11(5-7-12)15(18)19-16(21)14-3-2-8-25-14/h4-9,17,22H,2-3,10-16,18-19H2,1H3,(H2,28,29,34);2-8,13H,9-10H2,1H3,(H2,18,19,21). The lowest BCUT2D eigenvalue weighted by Crippen LogP contribution is -2.49. The number of ether oxygens (including phenoxy) is 3. The van der Waals surface area contributed by atoms with Crippen LogP contribution in [0.4, 0.5) is 21.0 Å². The van der Waals surface area contributed by atoms with Crippen LogP contribution in [0.25, 0.3) is 0 Å². The first-order valence-corrected chi connectivity index (χ1v) is 23.0. The van der Waals surface area contributed by atoms with Gasteiger partial charge in [-0.25, -0.2) is 9.59 Å². The van der Waals surface area contributed by atoms with Gasteiger partial charge < -0.3 is 38.6 Å². The second-order valence-electron chi connectivity index (χ2n) is 15.4. The lowest BCUT2D eigenvalue weighted by Gasteiger charge is -2.35. The van der Waals surface area contributed by atoms with Gasteiger partial charge in [-0.15, -0.1) is 0 Å². The number of piperazine rings is 1. The maximum Gasteiger partial charge on any atom is 0.414 e. The molecular formula is C44H52N8O13S. The molecular weight excluding hydrogens is 881 g/mol. The number of benzene rings is 2. The molecule has 7 rings (SSSR count). The van der Waals surface area contributed by atoms with Gasteiger partial charge in [0.25, 0.3) is 21.9 Å². The molecule has 0 bridgehead atoms. The molecule has 0 spiro atoms. The first-order valence-electron chi connectivity index (χ1n) is 21.1. The number of rotatable bonds is 17.